The first-order valence-corrected chi connectivity index (χ1v) is 8.54. The highest BCUT2D eigenvalue weighted by atomic mass is 16.5. The van der Waals surface area contributed by atoms with Gasteiger partial charge < -0.3 is 10.1 Å². The molecule has 6 heteroatoms. The first kappa shape index (κ1) is 15.8. The molecule has 1 saturated heterocycles. The van der Waals surface area contributed by atoms with E-state index in [-0.39, 0.29) is 0 Å². The third-order valence-corrected chi connectivity index (χ3v) is 4.28. The van der Waals surface area contributed by atoms with Gasteiger partial charge in [0.25, 0.3) is 0 Å². The van der Waals surface area contributed by atoms with Crippen molar-refractivity contribution in [2.45, 2.75) is 6.54 Å². The van der Waals surface area contributed by atoms with Crippen LogP contribution in [-0.2, 0) is 6.54 Å². The average Bonchev–Trinajstić information content (AvgIpc) is 3.12. The zero-order valence-electron chi connectivity index (χ0n) is 14.0. The minimum atomic E-state index is 0.804. The van der Waals surface area contributed by atoms with E-state index in [2.05, 4.69) is 20.5 Å². The smallest absolute Gasteiger partial charge is 0.127 e. The molecule has 0 radical (unpaired) electrons. The van der Waals surface area contributed by atoms with Crippen molar-refractivity contribution in [2.75, 3.05) is 26.2 Å². The summed E-state index contributed by atoms with van der Waals surface area (Å²) in [6, 6.07) is 17.7. The van der Waals surface area contributed by atoms with E-state index in [0.717, 1.165) is 55.6 Å². The first-order chi connectivity index (χ1) is 12.4. The lowest BCUT2D eigenvalue weighted by atomic mass is 10.2. The molecule has 0 bridgehead atoms. The van der Waals surface area contributed by atoms with Gasteiger partial charge in [-0.2, -0.15) is 0 Å². The van der Waals surface area contributed by atoms with Crippen molar-refractivity contribution in [1.29, 1.82) is 0 Å². The van der Waals surface area contributed by atoms with Gasteiger partial charge >= 0.3 is 0 Å². The van der Waals surface area contributed by atoms with E-state index in [1.807, 2.05) is 65.5 Å². The molecule has 1 aromatic heterocycles. The van der Waals surface area contributed by atoms with Crippen molar-refractivity contribution in [1.82, 2.24) is 25.2 Å². The van der Waals surface area contributed by atoms with Crippen molar-refractivity contribution in [3.05, 3.63) is 66.5 Å². The van der Waals surface area contributed by atoms with Gasteiger partial charge in [-0.3, -0.25) is 4.90 Å². The Hall–Kier alpha value is -2.70. The van der Waals surface area contributed by atoms with E-state index < -0.39 is 0 Å². The fourth-order valence-corrected chi connectivity index (χ4v) is 2.96. The Labute approximate surface area is 147 Å². The van der Waals surface area contributed by atoms with Gasteiger partial charge in [-0.25, -0.2) is 4.68 Å². The molecule has 128 valence electrons. The summed E-state index contributed by atoms with van der Waals surface area (Å²) in [5, 5.41) is 11.7. The van der Waals surface area contributed by atoms with Crippen LogP contribution in [0, 0.1) is 0 Å². The van der Waals surface area contributed by atoms with Crippen molar-refractivity contribution < 1.29 is 4.74 Å². The molecule has 0 spiro atoms. The van der Waals surface area contributed by atoms with Crippen LogP contribution in [-0.4, -0.2) is 46.1 Å². The predicted molar refractivity (Wildman–Crippen MR) is 96.0 cm³/mol. The topological polar surface area (TPSA) is 55.2 Å². The van der Waals surface area contributed by atoms with Crippen molar-refractivity contribution in [3.8, 4) is 17.2 Å². The molecule has 0 amide bonds. The molecule has 1 aliphatic heterocycles. The Morgan fingerprint density at radius 2 is 1.64 bits per heavy atom. The van der Waals surface area contributed by atoms with E-state index in [1.165, 1.54) is 0 Å². The SMILES string of the molecule is c1ccc(Oc2ccc(-n3nncc3CN3CCNCC3)cc2)cc1. The average molecular weight is 335 g/mol. The van der Waals surface area contributed by atoms with Gasteiger partial charge in [-0.05, 0) is 36.4 Å². The molecule has 2 aromatic carbocycles. The van der Waals surface area contributed by atoms with E-state index >= 15 is 0 Å². The highest BCUT2D eigenvalue weighted by Gasteiger charge is 2.14. The number of ether oxygens (including phenoxy) is 1. The standard InChI is InChI=1S/C19H21N5O/c1-2-4-18(5-3-1)25-19-8-6-16(7-9-19)24-17(14-21-22-24)15-23-12-10-20-11-13-23/h1-9,14,20H,10-13,15H2. The van der Waals surface area contributed by atoms with Gasteiger partial charge in [0.2, 0.25) is 0 Å². The van der Waals surface area contributed by atoms with E-state index in [0.29, 0.717) is 0 Å². The quantitative estimate of drug-likeness (QED) is 0.776. The minimum absolute atomic E-state index is 0.804. The lowest BCUT2D eigenvalue weighted by molar-refractivity contribution is 0.229. The molecule has 0 aliphatic carbocycles. The summed E-state index contributed by atoms with van der Waals surface area (Å²) in [5.74, 6) is 1.63. The minimum Gasteiger partial charge on any atom is -0.457 e. The number of hydrogen-bond donors (Lipinski definition) is 1. The fraction of sp³-hybridized carbons (Fsp3) is 0.263. The number of benzene rings is 2. The second-order valence-electron chi connectivity index (χ2n) is 6.07. The van der Waals surface area contributed by atoms with Crippen LogP contribution in [0.2, 0.25) is 0 Å². The van der Waals surface area contributed by atoms with Gasteiger partial charge in [0.05, 0.1) is 17.6 Å². The maximum Gasteiger partial charge on any atom is 0.127 e. The molecule has 1 aliphatic rings. The number of piperazine rings is 1. The molecule has 25 heavy (non-hydrogen) atoms. The second-order valence-corrected chi connectivity index (χ2v) is 6.07. The van der Waals surface area contributed by atoms with Gasteiger partial charge in [-0.15, -0.1) is 5.10 Å². The van der Waals surface area contributed by atoms with E-state index in [1.54, 1.807) is 0 Å². The maximum atomic E-state index is 5.84. The summed E-state index contributed by atoms with van der Waals surface area (Å²) in [4.78, 5) is 2.42. The number of hydrogen-bond acceptors (Lipinski definition) is 5. The van der Waals surface area contributed by atoms with Gasteiger partial charge in [-0.1, -0.05) is 23.4 Å². The van der Waals surface area contributed by atoms with Crippen molar-refractivity contribution in [2.24, 2.45) is 0 Å². The number of nitrogens with zero attached hydrogens (tertiary/aromatic N) is 4. The molecule has 4 rings (SSSR count). The Balaban J connectivity index is 1.48. The lowest BCUT2D eigenvalue weighted by Gasteiger charge is -2.26. The molecule has 0 saturated carbocycles. The first-order valence-electron chi connectivity index (χ1n) is 8.54. The van der Waals surface area contributed by atoms with Gasteiger partial charge in [0, 0.05) is 32.7 Å². The van der Waals surface area contributed by atoms with Crippen LogP contribution in [0.15, 0.2) is 60.8 Å². The largest absolute Gasteiger partial charge is 0.457 e. The Morgan fingerprint density at radius 1 is 0.920 bits per heavy atom. The van der Waals surface area contributed by atoms with Crippen LogP contribution in [0.1, 0.15) is 5.69 Å². The molecular formula is C19H21N5O. The summed E-state index contributed by atoms with van der Waals surface area (Å²) in [6.45, 7) is 5.03. The molecule has 6 nitrogen and oxygen atoms in total. The van der Waals surface area contributed by atoms with E-state index in [4.69, 9.17) is 4.74 Å². The summed E-state index contributed by atoms with van der Waals surface area (Å²) < 4.78 is 7.74. The molecule has 1 N–H and O–H groups in total. The zero-order chi connectivity index (χ0) is 16.9. The summed E-state index contributed by atoms with van der Waals surface area (Å²) in [6.07, 6.45) is 1.84. The van der Waals surface area contributed by atoms with Crippen LogP contribution in [0.5, 0.6) is 11.5 Å². The molecule has 0 atom stereocenters. The van der Waals surface area contributed by atoms with Gasteiger partial charge in [0.15, 0.2) is 0 Å². The summed E-state index contributed by atoms with van der Waals surface area (Å²) >= 11 is 0. The predicted octanol–water partition coefficient (Wildman–Crippen LogP) is 2.46. The summed E-state index contributed by atoms with van der Waals surface area (Å²) in [5.41, 5.74) is 2.08. The van der Waals surface area contributed by atoms with Crippen LogP contribution >= 0.6 is 0 Å². The number of nitrogens with one attached hydrogen (secondary N) is 1. The van der Waals surface area contributed by atoms with E-state index in [9.17, 15) is 0 Å². The molecule has 1 fully saturated rings. The number of para-hydroxylation sites is 1. The van der Waals surface area contributed by atoms with Crippen molar-refractivity contribution in [3.63, 3.8) is 0 Å². The lowest BCUT2D eigenvalue weighted by Crippen LogP contribution is -2.43. The highest BCUT2D eigenvalue weighted by Crippen LogP contribution is 2.22. The monoisotopic (exact) mass is 335 g/mol. The van der Waals surface area contributed by atoms with Gasteiger partial charge in [0.1, 0.15) is 11.5 Å². The van der Waals surface area contributed by atoms with Crippen LogP contribution in [0.25, 0.3) is 5.69 Å². The Kier molecular flexibility index (Phi) is 4.72. The number of rotatable bonds is 5. The maximum absolute atomic E-state index is 5.84. The molecule has 0 unspecified atom stereocenters. The molecule has 3 aromatic rings. The number of aromatic nitrogens is 3. The zero-order valence-corrected chi connectivity index (χ0v) is 14.0. The normalized spacial score (nSPS) is 15.2. The summed E-state index contributed by atoms with van der Waals surface area (Å²) in [7, 11) is 0. The van der Waals surface area contributed by atoms with Crippen LogP contribution in [0.3, 0.4) is 0 Å². The molecular weight excluding hydrogens is 314 g/mol. The Morgan fingerprint density at radius 3 is 2.40 bits per heavy atom. The molecule has 2 heterocycles. The fourth-order valence-electron chi connectivity index (χ4n) is 2.96. The highest BCUT2D eigenvalue weighted by molar-refractivity contribution is 5.39. The third kappa shape index (κ3) is 3.87. The van der Waals surface area contributed by atoms with Crippen molar-refractivity contribution >= 4 is 0 Å². The van der Waals surface area contributed by atoms with Crippen LogP contribution < -0.4 is 10.1 Å². The van der Waals surface area contributed by atoms with Crippen LogP contribution in [0.4, 0.5) is 0 Å². The second kappa shape index (κ2) is 7.46. The third-order valence-electron chi connectivity index (χ3n) is 4.28. The Bertz CT molecular complexity index is 794.